The SMILES string of the molecule is NC[C@H]1CCCC[C@@H]1N1CCOCC1. The predicted molar refractivity (Wildman–Crippen MR) is 57.2 cm³/mol. The molecule has 0 bridgehead atoms. The second kappa shape index (κ2) is 5.10. The van der Waals surface area contributed by atoms with Gasteiger partial charge in [-0.2, -0.15) is 0 Å². The van der Waals surface area contributed by atoms with Crippen molar-refractivity contribution >= 4 is 0 Å². The van der Waals surface area contributed by atoms with Gasteiger partial charge >= 0.3 is 0 Å². The van der Waals surface area contributed by atoms with Crippen LogP contribution in [-0.4, -0.2) is 43.8 Å². The molecule has 0 aromatic carbocycles. The molecule has 0 aromatic rings. The lowest BCUT2D eigenvalue weighted by Crippen LogP contribution is -2.49. The fourth-order valence-corrected chi connectivity index (χ4v) is 2.85. The molecule has 2 N–H and O–H groups in total. The second-order valence-corrected chi connectivity index (χ2v) is 4.50. The van der Waals surface area contributed by atoms with E-state index >= 15 is 0 Å². The van der Waals surface area contributed by atoms with E-state index < -0.39 is 0 Å². The fraction of sp³-hybridized carbons (Fsp3) is 1.00. The van der Waals surface area contributed by atoms with Crippen molar-refractivity contribution in [2.24, 2.45) is 11.7 Å². The smallest absolute Gasteiger partial charge is 0.0594 e. The lowest BCUT2D eigenvalue weighted by atomic mass is 9.83. The molecule has 2 aliphatic rings. The average molecular weight is 198 g/mol. The molecular formula is C11H22N2O. The van der Waals surface area contributed by atoms with Crippen LogP contribution in [0.4, 0.5) is 0 Å². The van der Waals surface area contributed by atoms with Crippen LogP contribution in [-0.2, 0) is 4.74 Å². The van der Waals surface area contributed by atoms with Crippen molar-refractivity contribution in [3.63, 3.8) is 0 Å². The topological polar surface area (TPSA) is 38.5 Å². The summed E-state index contributed by atoms with van der Waals surface area (Å²) in [7, 11) is 0. The van der Waals surface area contributed by atoms with Crippen molar-refractivity contribution in [1.29, 1.82) is 0 Å². The molecular weight excluding hydrogens is 176 g/mol. The third-order valence-electron chi connectivity index (χ3n) is 3.69. The first kappa shape index (κ1) is 10.4. The van der Waals surface area contributed by atoms with Crippen LogP contribution < -0.4 is 5.73 Å². The lowest BCUT2D eigenvalue weighted by Gasteiger charge is -2.41. The van der Waals surface area contributed by atoms with Gasteiger partial charge in [0.2, 0.25) is 0 Å². The molecule has 82 valence electrons. The highest BCUT2D eigenvalue weighted by Crippen LogP contribution is 2.28. The molecule has 1 aliphatic carbocycles. The lowest BCUT2D eigenvalue weighted by molar-refractivity contribution is -0.00597. The van der Waals surface area contributed by atoms with Crippen LogP contribution >= 0.6 is 0 Å². The van der Waals surface area contributed by atoms with E-state index in [0.717, 1.165) is 44.8 Å². The molecule has 0 spiro atoms. The van der Waals surface area contributed by atoms with Crippen LogP contribution in [0.2, 0.25) is 0 Å². The minimum atomic E-state index is 0.738. The Balaban J connectivity index is 1.91. The molecule has 3 heteroatoms. The van der Waals surface area contributed by atoms with E-state index in [1.807, 2.05) is 0 Å². The standard InChI is InChI=1S/C11H22N2O/c12-9-10-3-1-2-4-11(10)13-5-7-14-8-6-13/h10-11H,1-9,12H2/t10-,11+/m1/s1. The monoisotopic (exact) mass is 198 g/mol. The van der Waals surface area contributed by atoms with Crippen molar-refractivity contribution < 1.29 is 4.74 Å². The summed E-state index contributed by atoms with van der Waals surface area (Å²) in [5.74, 6) is 0.738. The van der Waals surface area contributed by atoms with Gasteiger partial charge in [-0.1, -0.05) is 12.8 Å². The van der Waals surface area contributed by atoms with Gasteiger partial charge in [0.05, 0.1) is 13.2 Å². The third-order valence-corrected chi connectivity index (χ3v) is 3.69. The Labute approximate surface area is 86.6 Å². The van der Waals surface area contributed by atoms with Gasteiger partial charge in [-0.05, 0) is 25.3 Å². The molecule has 14 heavy (non-hydrogen) atoms. The van der Waals surface area contributed by atoms with Gasteiger partial charge < -0.3 is 10.5 Å². The zero-order chi connectivity index (χ0) is 9.80. The van der Waals surface area contributed by atoms with Gasteiger partial charge in [0.1, 0.15) is 0 Å². The zero-order valence-electron chi connectivity index (χ0n) is 8.95. The summed E-state index contributed by atoms with van der Waals surface area (Å²) in [5.41, 5.74) is 5.84. The van der Waals surface area contributed by atoms with Crippen LogP contribution in [0, 0.1) is 5.92 Å². The molecule has 0 aromatic heterocycles. The first-order chi connectivity index (χ1) is 6.92. The number of rotatable bonds is 2. The van der Waals surface area contributed by atoms with E-state index in [2.05, 4.69) is 4.90 Å². The quantitative estimate of drug-likeness (QED) is 0.714. The summed E-state index contributed by atoms with van der Waals surface area (Å²) in [6, 6.07) is 0.748. The van der Waals surface area contributed by atoms with Crippen molar-refractivity contribution in [2.45, 2.75) is 31.7 Å². The van der Waals surface area contributed by atoms with Crippen molar-refractivity contribution in [3.05, 3.63) is 0 Å². The van der Waals surface area contributed by atoms with Crippen LogP contribution in [0.5, 0.6) is 0 Å². The second-order valence-electron chi connectivity index (χ2n) is 4.50. The zero-order valence-corrected chi connectivity index (χ0v) is 8.95. The first-order valence-electron chi connectivity index (χ1n) is 5.93. The largest absolute Gasteiger partial charge is 0.379 e. The Bertz CT molecular complexity index is 169. The maximum atomic E-state index is 5.84. The van der Waals surface area contributed by atoms with Gasteiger partial charge in [-0.15, -0.1) is 0 Å². The number of ether oxygens (including phenoxy) is 1. The Morgan fingerprint density at radius 1 is 1.14 bits per heavy atom. The van der Waals surface area contributed by atoms with Gasteiger partial charge in [0, 0.05) is 19.1 Å². The summed E-state index contributed by atoms with van der Waals surface area (Å²) >= 11 is 0. The van der Waals surface area contributed by atoms with Crippen LogP contribution in [0.15, 0.2) is 0 Å². The van der Waals surface area contributed by atoms with E-state index in [1.54, 1.807) is 0 Å². The summed E-state index contributed by atoms with van der Waals surface area (Å²) in [5, 5.41) is 0. The molecule has 0 amide bonds. The Kier molecular flexibility index (Phi) is 3.79. The van der Waals surface area contributed by atoms with Crippen LogP contribution in [0.3, 0.4) is 0 Å². The number of morpholine rings is 1. The number of nitrogens with two attached hydrogens (primary N) is 1. The third kappa shape index (κ3) is 2.27. The number of hydrogen-bond acceptors (Lipinski definition) is 3. The number of nitrogens with zero attached hydrogens (tertiary/aromatic N) is 1. The molecule has 2 rings (SSSR count). The predicted octanol–water partition coefficient (Wildman–Crippen LogP) is 0.836. The molecule has 2 atom stereocenters. The summed E-state index contributed by atoms with van der Waals surface area (Å²) in [6.07, 6.45) is 5.45. The van der Waals surface area contributed by atoms with Crippen molar-refractivity contribution in [3.8, 4) is 0 Å². The molecule has 1 saturated carbocycles. The van der Waals surface area contributed by atoms with Crippen molar-refractivity contribution in [2.75, 3.05) is 32.8 Å². The van der Waals surface area contributed by atoms with Gasteiger partial charge in [0.25, 0.3) is 0 Å². The van der Waals surface area contributed by atoms with Gasteiger partial charge in [-0.3, -0.25) is 4.90 Å². The minimum Gasteiger partial charge on any atom is -0.379 e. The van der Waals surface area contributed by atoms with E-state index in [1.165, 1.54) is 25.7 Å². The first-order valence-corrected chi connectivity index (χ1v) is 5.93. The Morgan fingerprint density at radius 3 is 2.57 bits per heavy atom. The summed E-state index contributed by atoms with van der Waals surface area (Å²) < 4.78 is 5.39. The van der Waals surface area contributed by atoms with E-state index in [-0.39, 0.29) is 0 Å². The number of hydrogen-bond donors (Lipinski definition) is 1. The van der Waals surface area contributed by atoms with Gasteiger partial charge in [-0.25, -0.2) is 0 Å². The van der Waals surface area contributed by atoms with Crippen molar-refractivity contribution in [1.82, 2.24) is 4.90 Å². The Hall–Kier alpha value is -0.120. The highest BCUT2D eigenvalue weighted by Gasteiger charge is 2.29. The molecule has 0 radical (unpaired) electrons. The molecule has 1 saturated heterocycles. The average Bonchev–Trinajstić information content (AvgIpc) is 2.30. The maximum absolute atomic E-state index is 5.84. The van der Waals surface area contributed by atoms with E-state index in [4.69, 9.17) is 10.5 Å². The van der Waals surface area contributed by atoms with Gasteiger partial charge in [0.15, 0.2) is 0 Å². The van der Waals surface area contributed by atoms with E-state index in [0.29, 0.717) is 0 Å². The highest BCUT2D eigenvalue weighted by molar-refractivity contribution is 4.84. The fourth-order valence-electron chi connectivity index (χ4n) is 2.85. The summed E-state index contributed by atoms with van der Waals surface area (Å²) in [6.45, 7) is 4.91. The maximum Gasteiger partial charge on any atom is 0.0594 e. The minimum absolute atomic E-state index is 0.738. The summed E-state index contributed by atoms with van der Waals surface area (Å²) in [4.78, 5) is 2.60. The van der Waals surface area contributed by atoms with E-state index in [9.17, 15) is 0 Å². The normalized spacial score (nSPS) is 35.8. The molecule has 0 unspecified atom stereocenters. The van der Waals surface area contributed by atoms with Crippen LogP contribution in [0.1, 0.15) is 25.7 Å². The highest BCUT2D eigenvalue weighted by atomic mass is 16.5. The molecule has 1 heterocycles. The molecule has 1 aliphatic heterocycles. The Morgan fingerprint density at radius 2 is 1.86 bits per heavy atom. The van der Waals surface area contributed by atoms with Crippen LogP contribution in [0.25, 0.3) is 0 Å². The molecule has 3 nitrogen and oxygen atoms in total. The molecule has 2 fully saturated rings.